The van der Waals surface area contributed by atoms with Crippen molar-refractivity contribution in [3.8, 4) is 0 Å². The number of carbonyl (C=O) groups is 1. The zero-order chi connectivity index (χ0) is 18.7. The molecule has 2 heterocycles. The molecule has 0 aromatic carbocycles. The molecule has 26 heavy (non-hydrogen) atoms. The van der Waals surface area contributed by atoms with Crippen LogP contribution >= 0.6 is 0 Å². The summed E-state index contributed by atoms with van der Waals surface area (Å²) in [5.41, 5.74) is 2.18. The van der Waals surface area contributed by atoms with Gasteiger partial charge in [-0.3, -0.25) is 4.79 Å². The van der Waals surface area contributed by atoms with E-state index in [-0.39, 0.29) is 30.1 Å². The molecule has 6 heteroatoms. The summed E-state index contributed by atoms with van der Waals surface area (Å²) in [6, 6.07) is 0.0448. The Balaban J connectivity index is 1.76. The molecule has 1 aromatic heterocycles. The lowest BCUT2D eigenvalue weighted by molar-refractivity contribution is -0.126. The van der Waals surface area contributed by atoms with E-state index in [0.29, 0.717) is 0 Å². The number of aryl methyl sites for hydroxylation is 1. The SMILES string of the molecule is CCC(CC)C(=O)N[C@@H]1CCCc2nc(N3C[C@@H](C)O[C@H](C)C3)ncc21. The van der Waals surface area contributed by atoms with Crippen LogP contribution in [0.3, 0.4) is 0 Å². The molecule has 0 radical (unpaired) electrons. The summed E-state index contributed by atoms with van der Waals surface area (Å²) in [5.74, 6) is 1.04. The maximum atomic E-state index is 12.5. The lowest BCUT2D eigenvalue weighted by Gasteiger charge is -2.36. The predicted molar refractivity (Wildman–Crippen MR) is 102 cm³/mol. The minimum Gasteiger partial charge on any atom is -0.372 e. The quantitative estimate of drug-likeness (QED) is 0.874. The topological polar surface area (TPSA) is 67.4 Å². The van der Waals surface area contributed by atoms with E-state index >= 15 is 0 Å². The fourth-order valence-electron chi connectivity index (χ4n) is 4.13. The number of ether oxygens (including phenoxy) is 1. The normalized spacial score (nSPS) is 25.9. The van der Waals surface area contributed by atoms with Gasteiger partial charge in [-0.05, 0) is 46.0 Å². The van der Waals surface area contributed by atoms with Gasteiger partial charge in [0, 0.05) is 30.8 Å². The smallest absolute Gasteiger partial charge is 0.225 e. The first-order valence-corrected chi connectivity index (χ1v) is 10.1. The molecule has 0 saturated carbocycles. The van der Waals surface area contributed by atoms with Gasteiger partial charge < -0.3 is 15.0 Å². The van der Waals surface area contributed by atoms with Crippen molar-refractivity contribution in [2.24, 2.45) is 5.92 Å². The average molecular weight is 361 g/mol. The molecule has 1 aliphatic carbocycles. The van der Waals surface area contributed by atoms with Crippen LogP contribution in [0, 0.1) is 5.92 Å². The number of anilines is 1. The molecule has 1 fully saturated rings. The second kappa shape index (κ2) is 8.33. The maximum Gasteiger partial charge on any atom is 0.225 e. The Morgan fingerprint density at radius 2 is 2.00 bits per heavy atom. The molecule has 144 valence electrons. The number of aromatic nitrogens is 2. The van der Waals surface area contributed by atoms with Crippen molar-refractivity contribution < 1.29 is 9.53 Å². The third kappa shape index (κ3) is 4.17. The van der Waals surface area contributed by atoms with Crippen LogP contribution < -0.4 is 10.2 Å². The van der Waals surface area contributed by atoms with E-state index < -0.39 is 0 Å². The van der Waals surface area contributed by atoms with Crippen molar-refractivity contribution in [2.45, 2.75) is 78.0 Å². The molecule has 3 rings (SSSR count). The van der Waals surface area contributed by atoms with Crippen molar-refractivity contribution >= 4 is 11.9 Å². The molecule has 1 aromatic rings. The summed E-state index contributed by atoms with van der Waals surface area (Å²) >= 11 is 0. The fraction of sp³-hybridized carbons (Fsp3) is 0.750. The monoisotopic (exact) mass is 360 g/mol. The van der Waals surface area contributed by atoms with Crippen LogP contribution in [-0.2, 0) is 16.0 Å². The van der Waals surface area contributed by atoms with E-state index in [1.54, 1.807) is 0 Å². The van der Waals surface area contributed by atoms with Crippen molar-refractivity contribution in [1.29, 1.82) is 0 Å². The molecule has 1 amide bonds. The van der Waals surface area contributed by atoms with Gasteiger partial charge in [0.15, 0.2) is 0 Å². The average Bonchev–Trinajstić information content (AvgIpc) is 2.61. The lowest BCUT2D eigenvalue weighted by Crippen LogP contribution is -2.46. The number of morpholine rings is 1. The second-order valence-electron chi connectivity index (χ2n) is 7.70. The van der Waals surface area contributed by atoms with E-state index in [2.05, 4.69) is 42.9 Å². The molecule has 1 saturated heterocycles. The summed E-state index contributed by atoms with van der Waals surface area (Å²) in [6.07, 6.45) is 7.03. The van der Waals surface area contributed by atoms with Gasteiger partial charge in [0.05, 0.1) is 23.9 Å². The van der Waals surface area contributed by atoms with Gasteiger partial charge in [-0.2, -0.15) is 0 Å². The largest absolute Gasteiger partial charge is 0.372 e. The standard InChI is InChI=1S/C20H32N4O2/c1-5-15(6-2)19(25)22-17-8-7-9-18-16(17)10-21-20(23-18)24-11-13(3)26-14(4)12-24/h10,13-15,17H,5-9,11-12H2,1-4H3,(H,22,25)/t13-,14-,17-/m1/s1. The number of hydrogen-bond acceptors (Lipinski definition) is 5. The maximum absolute atomic E-state index is 12.5. The Bertz CT molecular complexity index is 622. The lowest BCUT2D eigenvalue weighted by atomic mass is 9.91. The van der Waals surface area contributed by atoms with Gasteiger partial charge in [-0.1, -0.05) is 13.8 Å². The highest BCUT2D eigenvalue weighted by molar-refractivity contribution is 5.79. The van der Waals surface area contributed by atoms with Gasteiger partial charge in [0.25, 0.3) is 0 Å². The van der Waals surface area contributed by atoms with Crippen molar-refractivity contribution in [1.82, 2.24) is 15.3 Å². The number of nitrogens with one attached hydrogen (secondary N) is 1. The van der Waals surface area contributed by atoms with E-state index in [9.17, 15) is 4.79 Å². The highest BCUT2D eigenvalue weighted by Gasteiger charge is 2.28. The number of amides is 1. The summed E-state index contributed by atoms with van der Waals surface area (Å²) in [4.78, 5) is 24.2. The predicted octanol–water partition coefficient (Wildman–Crippen LogP) is 3.02. The first kappa shape index (κ1) is 19.1. The second-order valence-corrected chi connectivity index (χ2v) is 7.70. The van der Waals surface area contributed by atoms with Gasteiger partial charge in [0.2, 0.25) is 11.9 Å². The Morgan fingerprint density at radius 3 is 2.65 bits per heavy atom. The number of carbonyl (C=O) groups excluding carboxylic acids is 1. The highest BCUT2D eigenvalue weighted by Crippen LogP contribution is 2.30. The Kier molecular flexibility index (Phi) is 6.12. The van der Waals surface area contributed by atoms with Crippen LogP contribution in [0.25, 0.3) is 0 Å². The molecule has 6 nitrogen and oxygen atoms in total. The van der Waals surface area contributed by atoms with Gasteiger partial charge >= 0.3 is 0 Å². The van der Waals surface area contributed by atoms with Gasteiger partial charge in [0.1, 0.15) is 0 Å². The number of rotatable bonds is 5. The third-order valence-electron chi connectivity index (χ3n) is 5.54. The minimum atomic E-state index is 0.0448. The van der Waals surface area contributed by atoms with E-state index in [1.807, 2.05) is 6.20 Å². The van der Waals surface area contributed by atoms with Crippen LogP contribution in [0.1, 0.15) is 70.7 Å². The number of fused-ring (bicyclic) bond motifs is 1. The third-order valence-corrected chi connectivity index (χ3v) is 5.54. The van der Waals surface area contributed by atoms with Crippen LogP contribution in [0.2, 0.25) is 0 Å². The molecule has 1 N–H and O–H groups in total. The minimum absolute atomic E-state index is 0.0448. The van der Waals surface area contributed by atoms with Crippen molar-refractivity contribution in [2.75, 3.05) is 18.0 Å². The molecule has 2 aliphatic rings. The summed E-state index contributed by atoms with van der Waals surface area (Å²) < 4.78 is 5.81. The molecule has 0 unspecified atom stereocenters. The Hall–Kier alpha value is -1.69. The first-order valence-electron chi connectivity index (χ1n) is 10.1. The zero-order valence-corrected chi connectivity index (χ0v) is 16.5. The molecule has 0 bridgehead atoms. The Morgan fingerprint density at radius 1 is 1.31 bits per heavy atom. The van der Waals surface area contributed by atoms with Crippen LogP contribution in [0.5, 0.6) is 0 Å². The number of nitrogens with zero attached hydrogens (tertiary/aromatic N) is 3. The van der Waals surface area contributed by atoms with E-state index in [4.69, 9.17) is 9.72 Å². The summed E-state index contributed by atoms with van der Waals surface area (Å²) in [6.45, 7) is 9.95. The molecular weight excluding hydrogens is 328 g/mol. The molecule has 0 spiro atoms. The number of hydrogen-bond donors (Lipinski definition) is 1. The molecular formula is C20H32N4O2. The fourth-order valence-corrected chi connectivity index (χ4v) is 4.13. The molecule has 1 aliphatic heterocycles. The van der Waals surface area contributed by atoms with Crippen LogP contribution in [0.4, 0.5) is 5.95 Å². The van der Waals surface area contributed by atoms with Gasteiger partial charge in [-0.15, -0.1) is 0 Å². The van der Waals surface area contributed by atoms with E-state index in [0.717, 1.165) is 62.4 Å². The summed E-state index contributed by atoms with van der Waals surface area (Å²) in [7, 11) is 0. The first-order chi connectivity index (χ1) is 12.5. The van der Waals surface area contributed by atoms with E-state index in [1.165, 1.54) is 0 Å². The van der Waals surface area contributed by atoms with Crippen LogP contribution in [0.15, 0.2) is 6.20 Å². The zero-order valence-electron chi connectivity index (χ0n) is 16.5. The highest BCUT2D eigenvalue weighted by atomic mass is 16.5. The van der Waals surface area contributed by atoms with Crippen molar-refractivity contribution in [3.63, 3.8) is 0 Å². The van der Waals surface area contributed by atoms with Gasteiger partial charge in [-0.25, -0.2) is 9.97 Å². The Labute approximate surface area is 156 Å². The van der Waals surface area contributed by atoms with Crippen molar-refractivity contribution in [3.05, 3.63) is 17.5 Å². The summed E-state index contributed by atoms with van der Waals surface area (Å²) in [5, 5.41) is 3.24. The molecule has 3 atom stereocenters. The van der Waals surface area contributed by atoms with Crippen LogP contribution in [-0.4, -0.2) is 41.2 Å².